The van der Waals surface area contributed by atoms with Gasteiger partial charge in [0.2, 0.25) is 0 Å². The maximum absolute atomic E-state index is 6.68. The van der Waals surface area contributed by atoms with Crippen LogP contribution >= 0.6 is 11.3 Å². The van der Waals surface area contributed by atoms with E-state index in [1.54, 1.807) is 0 Å². The molecule has 0 spiro atoms. The molecule has 0 atom stereocenters. The van der Waals surface area contributed by atoms with Gasteiger partial charge in [-0.15, -0.1) is 11.3 Å². The first-order valence-corrected chi connectivity index (χ1v) is 16.7. The molecule has 0 aliphatic heterocycles. The van der Waals surface area contributed by atoms with Crippen LogP contribution in [-0.2, 0) is 0 Å². The molecule has 0 fully saturated rings. The quantitative estimate of drug-likeness (QED) is 0.194. The van der Waals surface area contributed by atoms with E-state index in [0.29, 0.717) is 17.5 Å². The fourth-order valence-electron chi connectivity index (χ4n) is 6.77. The third kappa shape index (κ3) is 4.40. The van der Waals surface area contributed by atoms with Crippen molar-refractivity contribution in [1.82, 2.24) is 15.0 Å². The van der Waals surface area contributed by atoms with E-state index in [0.717, 1.165) is 60.5 Å². The van der Waals surface area contributed by atoms with Crippen molar-refractivity contribution in [3.8, 4) is 45.3 Å². The largest absolute Gasteiger partial charge is 0.456 e. The van der Waals surface area contributed by atoms with Gasteiger partial charge >= 0.3 is 0 Å². The molecule has 0 bridgehead atoms. The molecule has 0 unspecified atom stereocenters. The molecule has 4 nitrogen and oxygen atoms in total. The van der Waals surface area contributed by atoms with Crippen LogP contribution in [0.2, 0.25) is 0 Å². The third-order valence-corrected chi connectivity index (χ3v) is 10.2. The number of furan rings is 1. The molecule has 5 heteroatoms. The second kappa shape index (κ2) is 10.7. The summed E-state index contributed by atoms with van der Waals surface area (Å²) in [6.07, 6.45) is 0. The molecular formula is C43H25N3OS. The first-order chi connectivity index (χ1) is 23.7. The molecule has 3 heterocycles. The lowest BCUT2D eigenvalue weighted by Gasteiger charge is -2.11. The van der Waals surface area contributed by atoms with Crippen LogP contribution in [0.3, 0.4) is 0 Å². The van der Waals surface area contributed by atoms with Gasteiger partial charge in [-0.25, -0.2) is 15.0 Å². The number of hydrogen-bond donors (Lipinski definition) is 0. The standard InChI is InChI=1S/C43H25N3OS/c1-3-11-26(12-4-1)41-44-42(27-13-5-2-6-14-27)46-43(45-41)35-22-31(30-19-20-33-32-17-9-10-18-38(32)48-39(33)25-30)24-37-40(35)34-21-28-15-7-8-16-29(28)23-36(34)47-37/h1-25H. The van der Waals surface area contributed by atoms with E-state index in [4.69, 9.17) is 19.4 Å². The van der Waals surface area contributed by atoms with Crippen molar-refractivity contribution in [1.29, 1.82) is 0 Å². The number of aromatic nitrogens is 3. The first kappa shape index (κ1) is 27.0. The van der Waals surface area contributed by atoms with Gasteiger partial charge in [0.1, 0.15) is 11.2 Å². The number of fused-ring (bicyclic) bond motifs is 7. The molecule has 0 radical (unpaired) electrons. The zero-order valence-corrected chi connectivity index (χ0v) is 26.4. The number of thiophene rings is 1. The summed E-state index contributed by atoms with van der Waals surface area (Å²) >= 11 is 1.82. The maximum atomic E-state index is 6.68. The van der Waals surface area contributed by atoms with Gasteiger partial charge in [0.25, 0.3) is 0 Å². The van der Waals surface area contributed by atoms with Crippen LogP contribution < -0.4 is 0 Å². The highest BCUT2D eigenvalue weighted by Gasteiger charge is 2.20. The van der Waals surface area contributed by atoms with Crippen LogP contribution in [0.25, 0.3) is 98.2 Å². The van der Waals surface area contributed by atoms with Crippen LogP contribution in [0, 0.1) is 0 Å². The lowest BCUT2D eigenvalue weighted by atomic mass is 9.96. The lowest BCUT2D eigenvalue weighted by molar-refractivity contribution is 0.669. The molecule has 10 aromatic rings. The van der Waals surface area contributed by atoms with Gasteiger partial charge in [-0.3, -0.25) is 0 Å². The number of hydrogen-bond acceptors (Lipinski definition) is 5. The first-order valence-electron chi connectivity index (χ1n) is 15.9. The minimum atomic E-state index is 0.605. The minimum Gasteiger partial charge on any atom is -0.456 e. The van der Waals surface area contributed by atoms with Crippen molar-refractivity contribution in [2.24, 2.45) is 0 Å². The fraction of sp³-hybridized carbons (Fsp3) is 0. The molecule has 48 heavy (non-hydrogen) atoms. The molecule has 0 saturated heterocycles. The number of nitrogens with zero attached hydrogens (tertiary/aromatic N) is 3. The van der Waals surface area contributed by atoms with E-state index >= 15 is 0 Å². The Morgan fingerprint density at radius 2 is 1.02 bits per heavy atom. The zero-order chi connectivity index (χ0) is 31.6. The topological polar surface area (TPSA) is 51.8 Å². The smallest absolute Gasteiger partial charge is 0.164 e. The molecule has 224 valence electrons. The highest BCUT2D eigenvalue weighted by atomic mass is 32.1. The van der Waals surface area contributed by atoms with Crippen molar-refractivity contribution >= 4 is 64.2 Å². The average molecular weight is 632 g/mol. The molecule has 0 saturated carbocycles. The third-order valence-electron chi connectivity index (χ3n) is 9.09. The van der Waals surface area contributed by atoms with Gasteiger partial charge in [0, 0.05) is 47.6 Å². The highest BCUT2D eigenvalue weighted by molar-refractivity contribution is 7.25. The van der Waals surface area contributed by atoms with Gasteiger partial charge < -0.3 is 4.42 Å². The fourth-order valence-corrected chi connectivity index (χ4v) is 7.91. The van der Waals surface area contributed by atoms with Crippen LogP contribution in [0.15, 0.2) is 156 Å². The van der Waals surface area contributed by atoms with E-state index in [9.17, 15) is 0 Å². The van der Waals surface area contributed by atoms with E-state index in [-0.39, 0.29) is 0 Å². The van der Waals surface area contributed by atoms with Gasteiger partial charge in [0.15, 0.2) is 17.5 Å². The monoisotopic (exact) mass is 631 g/mol. The summed E-state index contributed by atoms with van der Waals surface area (Å²) in [5.74, 6) is 1.86. The lowest BCUT2D eigenvalue weighted by Crippen LogP contribution is -2.00. The SMILES string of the molecule is c1ccc(-c2nc(-c3ccccc3)nc(-c3cc(-c4ccc5c(c4)sc4ccccc45)cc4oc5cc6ccccc6cc5c34)n2)cc1. The molecule has 0 aliphatic rings. The normalized spacial score (nSPS) is 11.8. The van der Waals surface area contributed by atoms with Gasteiger partial charge in [-0.1, -0.05) is 115 Å². The van der Waals surface area contributed by atoms with Crippen LogP contribution in [0.4, 0.5) is 0 Å². The van der Waals surface area contributed by atoms with E-state index in [1.807, 2.05) is 72.0 Å². The van der Waals surface area contributed by atoms with Crippen LogP contribution in [0.5, 0.6) is 0 Å². The predicted molar refractivity (Wildman–Crippen MR) is 199 cm³/mol. The highest BCUT2D eigenvalue weighted by Crippen LogP contribution is 2.42. The molecule has 0 amide bonds. The summed E-state index contributed by atoms with van der Waals surface area (Å²) in [6, 6.07) is 52.7. The molecule has 10 rings (SSSR count). The molecule has 3 aromatic heterocycles. The van der Waals surface area contributed by atoms with Gasteiger partial charge in [-0.05, 0) is 58.3 Å². The summed E-state index contributed by atoms with van der Waals surface area (Å²) in [5, 5.41) is 6.88. The van der Waals surface area contributed by atoms with Gasteiger partial charge in [0.05, 0.1) is 0 Å². The number of rotatable bonds is 4. The summed E-state index contributed by atoms with van der Waals surface area (Å²) in [6.45, 7) is 0. The Morgan fingerprint density at radius 3 is 1.77 bits per heavy atom. The van der Waals surface area contributed by atoms with Crippen molar-refractivity contribution in [3.05, 3.63) is 152 Å². The van der Waals surface area contributed by atoms with Crippen LogP contribution in [-0.4, -0.2) is 15.0 Å². The Labute approximate surface area is 279 Å². The van der Waals surface area contributed by atoms with Crippen molar-refractivity contribution < 1.29 is 4.42 Å². The summed E-state index contributed by atoms with van der Waals surface area (Å²) in [7, 11) is 0. The molecule has 0 aliphatic carbocycles. The van der Waals surface area contributed by atoms with E-state index in [1.165, 1.54) is 20.2 Å². The summed E-state index contributed by atoms with van der Waals surface area (Å²) in [5.41, 5.74) is 6.57. The summed E-state index contributed by atoms with van der Waals surface area (Å²) in [4.78, 5) is 15.3. The van der Waals surface area contributed by atoms with E-state index in [2.05, 4.69) is 91.0 Å². The molecular weight excluding hydrogens is 607 g/mol. The van der Waals surface area contributed by atoms with E-state index < -0.39 is 0 Å². The second-order valence-electron chi connectivity index (χ2n) is 12.0. The van der Waals surface area contributed by atoms with Gasteiger partial charge in [-0.2, -0.15) is 0 Å². The molecule has 7 aromatic carbocycles. The Morgan fingerprint density at radius 1 is 0.396 bits per heavy atom. The summed E-state index contributed by atoms with van der Waals surface area (Å²) < 4.78 is 9.22. The average Bonchev–Trinajstić information content (AvgIpc) is 3.71. The van der Waals surface area contributed by atoms with Crippen molar-refractivity contribution in [2.45, 2.75) is 0 Å². The Balaban J connectivity index is 1.28. The maximum Gasteiger partial charge on any atom is 0.164 e. The minimum absolute atomic E-state index is 0.605. The Hall–Kier alpha value is -6.17. The predicted octanol–water partition coefficient (Wildman–Crippen LogP) is 12.0. The Bertz CT molecular complexity index is 2780. The van der Waals surface area contributed by atoms with Crippen molar-refractivity contribution in [2.75, 3.05) is 0 Å². The molecule has 0 N–H and O–H groups in total. The second-order valence-corrected chi connectivity index (χ2v) is 13.1. The van der Waals surface area contributed by atoms with Crippen molar-refractivity contribution in [3.63, 3.8) is 0 Å². The van der Waals surface area contributed by atoms with Crippen LogP contribution in [0.1, 0.15) is 0 Å². The number of benzene rings is 7. The zero-order valence-electron chi connectivity index (χ0n) is 25.6. The Kier molecular flexibility index (Phi) is 6.01.